The molecule has 0 fully saturated rings. The molecule has 1 aromatic carbocycles. The first-order chi connectivity index (χ1) is 11.0. The van der Waals surface area contributed by atoms with E-state index in [0.717, 1.165) is 11.3 Å². The molecule has 5 nitrogen and oxygen atoms in total. The molecule has 0 spiro atoms. The molecule has 0 aliphatic carbocycles. The molecule has 2 amide bonds. The lowest BCUT2D eigenvalue weighted by atomic mass is 10.1. The van der Waals surface area contributed by atoms with Gasteiger partial charge in [-0.2, -0.15) is 0 Å². The maximum atomic E-state index is 12.0. The van der Waals surface area contributed by atoms with Gasteiger partial charge in [-0.15, -0.1) is 0 Å². The summed E-state index contributed by atoms with van der Waals surface area (Å²) >= 11 is 0. The summed E-state index contributed by atoms with van der Waals surface area (Å²) in [5, 5.41) is 5.71. The van der Waals surface area contributed by atoms with Crippen molar-refractivity contribution in [3.63, 3.8) is 0 Å². The smallest absolute Gasteiger partial charge is 0.253 e. The Hall–Kier alpha value is -2.69. The lowest BCUT2D eigenvalue weighted by Gasteiger charge is -2.09. The second kappa shape index (κ2) is 8.08. The van der Waals surface area contributed by atoms with Crippen LogP contribution in [0.1, 0.15) is 36.2 Å². The van der Waals surface area contributed by atoms with Crippen molar-refractivity contribution in [3.05, 3.63) is 59.9 Å². The van der Waals surface area contributed by atoms with Gasteiger partial charge in [0.25, 0.3) is 5.91 Å². The summed E-state index contributed by atoms with van der Waals surface area (Å²) in [6, 6.07) is 10.9. The van der Waals surface area contributed by atoms with E-state index in [2.05, 4.69) is 15.6 Å². The van der Waals surface area contributed by atoms with Crippen LogP contribution >= 0.6 is 0 Å². The van der Waals surface area contributed by atoms with E-state index in [-0.39, 0.29) is 11.8 Å². The molecule has 0 aliphatic heterocycles. The molecule has 0 radical (unpaired) electrons. The lowest BCUT2D eigenvalue weighted by Crippen LogP contribution is -2.23. The summed E-state index contributed by atoms with van der Waals surface area (Å²) in [5.41, 5.74) is 2.18. The highest BCUT2D eigenvalue weighted by Crippen LogP contribution is 2.12. The Kier molecular flexibility index (Phi) is 5.86. The van der Waals surface area contributed by atoms with Crippen molar-refractivity contribution in [2.75, 3.05) is 5.32 Å². The molecule has 0 aliphatic rings. The van der Waals surface area contributed by atoms with Gasteiger partial charge in [-0.3, -0.25) is 14.6 Å². The number of benzene rings is 1. The topological polar surface area (TPSA) is 71.1 Å². The van der Waals surface area contributed by atoms with Crippen molar-refractivity contribution in [3.8, 4) is 0 Å². The third-order valence-corrected chi connectivity index (χ3v) is 3.18. The third-order valence-electron chi connectivity index (χ3n) is 3.18. The van der Waals surface area contributed by atoms with Gasteiger partial charge < -0.3 is 10.6 Å². The number of nitrogens with zero attached hydrogens (tertiary/aromatic N) is 1. The molecule has 0 saturated heterocycles. The number of carbonyl (C=O) groups is 2. The van der Waals surface area contributed by atoms with Crippen LogP contribution in [0.4, 0.5) is 5.69 Å². The molecule has 1 aromatic heterocycles. The largest absolute Gasteiger partial charge is 0.348 e. The number of nitrogens with one attached hydrogen (secondary N) is 2. The van der Waals surface area contributed by atoms with E-state index in [1.165, 1.54) is 6.20 Å². The van der Waals surface area contributed by atoms with Crippen LogP contribution in [0.3, 0.4) is 0 Å². The van der Waals surface area contributed by atoms with Gasteiger partial charge in [-0.1, -0.05) is 26.0 Å². The van der Waals surface area contributed by atoms with Crippen LogP contribution in [-0.4, -0.2) is 16.8 Å². The van der Waals surface area contributed by atoms with Crippen LogP contribution in [0.2, 0.25) is 0 Å². The second-order valence-corrected chi connectivity index (χ2v) is 5.77. The first-order valence-corrected chi connectivity index (χ1v) is 7.61. The molecule has 1 heterocycles. The highest BCUT2D eigenvalue weighted by atomic mass is 16.2. The zero-order chi connectivity index (χ0) is 16.7. The molecule has 0 bridgehead atoms. The molecule has 0 saturated carbocycles. The van der Waals surface area contributed by atoms with E-state index >= 15 is 0 Å². The van der Waals surface area contributed by atoms with E-state index in [9.17, 15) is 9.59 Å². The predicted molar refractivity (Wildman–Crippen MR) is 89.9 cm³/mol. The van der Waals surface area contributed by atoms with Crippen molar-refractivity contribution in [2.45, 2.75) is 26.8 Å². The van der Waals surface area contributed by atoms with Gasteiger partial charge in [-0.05, 0) is 35.7 Å². The van der Waals surface area contributed by atoms with Crippen molar-refractivity contribution < 1.29 is 9.59 Å². The molecule has 2 rings (SSSR count). The monoisotopic (exact) mass is 311 g/mol. The summed E-state index contributed by atoms with van der Waals surface area (Å²) in [6.45, 7) is 4.40. The Labute approximate surface area is 136 Å². The average Bonchev–Trinajstić information content (AvgIpc) is 2.53. The minimum absolute atomic E-state index is 0.00320. The van der Waals surface area contributed by atoms with Gasteiger partial charge >= 0.3 is 0 Å². The van der Waals surface area contributed by atoms with Crippen LogP contribution in [0.15, 0.2) is 48.8 Å². The number of carbonyl (C=O) groups excluding carboxylic acids is 2. The zero-order valence-electron chi connectivity index (χ0n) is 13.4. The molecular weight excluding hydrogens is 290 g/mol. The molecule has 120 valence electrons. The molecule has 2 N–H and O–H groups in total. The first-order valence-electron chi connectivity index (χ1n) is 7.61. The van der Waals surface area contributed by atoms with Gasteiger partial charge in [0.15, 0.2) is 0 Å². The average molecular weight is 311 g/mol. The van der Waals surface area contributed by atoms with E-state index in [0.29, 0.717) is 24.4 Å². The zero-order valence-corrected chi connectivity index (χ0v) is 13.4. The highest BCUT2D eigenvalue weighted by Gasteiger charge is 2.07. The second-order valence-electron chi connectivity index (χ2n) is 5.77. The van der Waals surface area contributed by atoms with Crippen molar-refractivity contribution in [1.29, 1.82) is 0 Å². The Morgan fingerprint density at radius 1 is 1.17 bits per heavy atom. The molecule has 0 unspecified atom stereocenters. The number of amides is 2. The normalized spacial score (nSPS) is 10.4. The Balaban J connectivity index is 1.92. The van der Waals surface area contributed by atoms with Gasteiger partial charge in [-0.25, -0.2) is 0 Å². The van der Waals surface area contributed by atoms with E-state index in [1.807, 2.05) is 38.1 Å². The predicted octanol–water partition coefficient (Wildman–Crippen LogP) is 3.00. The maximum Gasteiger partial charge on any atom is 0.253 e. The van der Waals surface area contributed by atoms with E-state index in [1.54, 1.807) is 18.3 Å². The quantitative estimate of drug-likeness (QED) is 0.861. The van der Waals surface area contributed by atoms with Crippen molar-refractivity contribution >= 4 is 17.5 Å². The fraction of sp³-hybridized carbons (Fsp3) is 0.278. The van der Waals surface area contributed by atoms with E-state index < -0.39 is 0 Å². The number of aromatic nitrogens is 1. The Bertz CT molecular complexity index is 669. The van der Waals surface area contributed by atoms with Crippen molar-refractivity contribution in [1.82, 2.24) is 10.3 Å². The van der Waals surface area contributed by atoms with Gasteiger partial charge in [0, 0.05) is 31.0 Å². The summed E-state index contributed by atoms with van der Waals surface area (Å²) < 4.78 is 0. The fourth-order valence-corrected chi connectivity index (χ4v) is 2.12. The van der Waals surface area contributed by atoms with Gasteiger partial charge in [0.05, 0.1) is 5.56 Å². The Morgan fingerprint density at radius 2 is 2.00 bits per heavy atom. The minimum Gasteiger partial charge on any atom is -0.348 e. The SMILES string of the molecule is CC(C)CC(=O)Nc1cccc(CNC(=O)c2cccnc2)c1. The number of rotatable bonds is 6. The van der Waals surface area contributed by atoms with Crippen molar-refractivity contribution in [2.24, 2.45) is 5.92 Å². The minimum atomic E-state index is -0.174. The van der Waals surface area contributed by atoms with E-state index in [4.69, 9.17) is 0 Å². The molecule has 23 heavy (non-hydrogen) atoms. The van der Waals surface area contributed by atoms with Crippen LogP contribution in [-0.2, 0) is 11.3 Å². The van der Waals surface area contributed by atoms with Gasteiger partial charge in [0.2, 0.25) is 5.91 Å². The summed E-state index contributed by atoms with van der Waals surface area (Å²) in [6.07, 6.45) is 3.64. The number of hydrogen-bond donors (Lipinski definition) is 2. The Morgan fingerprint density at radius 3 is 2.70 bits per heavy atom. The van der Waals surface area contributed by atoms with Crippen LogP contribution in [0, 0.1) is 5.92 Å². The summed E-state index contributed by atoms with van der Waals surface area (Å²) in [7, 11) is 0. The highest BCUT2D eigenvalue weighted by molar-refractivity contribution is 5.93. The van der Waals surface area contributed by atoms with Crippen LogP contribution in [0.5, 0.6) is 0 Å². The molecular formula is C18H21N3O2. The van der Waals surface area contributed by atoms with Crippen LogP contribution in [0.25, 0.3) is 0 Å². The van der Waals surface area contributed by atoms with Crippen LogP contribution < -0.4 is 10.6 Å². The third kappa shape index (κ3) is 5.54. The summed E-state index contributed by atoms with van der Waals surface area (Å²) in [4.78, 5) is 27.7. The summed E-state index contributed by atoms with van der Waals surface area (Å²) in [5.74, 6) is 0.140. The molecule has 2 aromatic rings. The first kappa shape index (κ1) is 16.7. The number of pyridine rings is 1. The number of hydrogen-bond acceptors (Lipinski definition) is 3. The van der Waals surface area contributed by atoms with Gasteiger partial charge in [0.1, 0.15) is 0 Å². The number of anilines is 1. The molecule has 0 atom stereocenters. The fourth-order valence-electron chi connectivity index (χ4n) is 2.12. The maximum absolute atomic E-state index is 12.0. The lowest BCUT2D eigenvalue weighted by molar-refractivity contribution is -0.116. The standard InChI is InChI=1S/C18H21N3O2/c1-13(2)9-17(22)21-16-7-3-5-14(10-16)11-20-18(23)15-6-4-8-19-12-15/h3-8,10,12-13H,9,11H2,1-2H3,(H,20,23)(H,21,22). The molecule has 5 heteroatoms.